The highest BCUT2D eigenvalue weighted by molar-refractivity contribution is 7.53. The third-order valence-electron chi connectivity index (χ3n) is 3.04. The first-order valence-corrected chi connectivity index (χ1v) is 7.32. The number of rotatable bonds is 6. The molecule has 104 valence electrons. The van der Waals surface area contributed by atoms with Gasteiger partial charge in [0.1, 0.15) is 5.76 Å². The monoisotopic (exact) mass is 278 g/mol. The second-order valence-corrected chi connectivity index (χ2v) is 6.36. The number of allylic oxidation sites excluding steroid dienone is 1. The largest absolute Gasteiger partial charge is 0.501 e. The maximum absolute atomic E-state index is 11.9. The maximum atomic E-state index is 11.9. The molecule has 1 heterocycles. The van der Waals surface area contributed by atoms with Gasteiger partial charge in [0.25, 0.3) is 0 Å². The summed E-state index contributed by atoms with van der Waals surface area (Å²) in [5.41, 5.74) is 0.510. The van der Waals surface area contributed by atoms with E-state index in [1.807, 2.05) is 0 Å². The zero-order chi connectivity index (χ0) is 13.8. The van der Waals surface area contributed by atoms with Crippen LogP contribution in [0.5, 0.6) is 0 Å². The van der Waals surface area contributed by atoms with Crippen LogP contribution in [0.4, 0.5) is 0 Å². The van der Waals surface area contributed by atoms with Crippen LogP contribution in [0.1, 0.15) is 13.3 Å². The van der Waals surface area contributed by atoms with Gasteiger partial charge in [0.05, 0.1) is 25.5 Å². The van der Waals surface area contributed by atoms with Gasteiger partial charge in [-0.05, 0) is 13.3 Å². The van der Waals surface area contributed by atoms with Crippen LogP contribution in [0.2, 0.25) is 0 Å². The Hall–Kier alpha value is -0.840. The van der Waals surface area contributed by atoms with Gasteiger partial charge in [0, 0.05) is 20.1 Å². The maximum Gasteiger partial charge on any atom is 0.337 e. The number of esters is 1. The number of ether oxygens (including phenoxy) is 2. The van der Waals surface area contributed by atoms with E-state index in [1.54, 1.807) is 6.92 Å². The fraction of sp³-hybridized carbons (Fsp3) is 0.727. The van der Waals surface area contributed by atoms with Crippen LogP contribution >= 0.6 is 7.60 Å². The first-order valence-electron chi connectivity index (χ1n) is 5.59. The molecule has 1 aliphatic rings. The third kappa shape index (κ3) is 3.34. The number of hydrogen-bond acceptors (Lipinski definition) is 6. The predicted molar refractivity (Wildman–Crippen MR) is 65.3 cm³/mol. The molecule has 0 bridgehead atoms. The van der Waals surface area contributed by atoms with E-state index in [1.165, 1.54) is 21.3 Å². The van der Waals surface area contributed by atoms with Crippen LogP contribution in [-0.2, 0) is 27.9 Å². The van der Waals surface area contributed by atoms with Gasteiger partial charge in [0.15, 0.2) is 0 Å². The first kappa shape index (κ1) is 15.2. The van der Waals surface area contributed by atoms with Crippen molar-refractivity contribution in [3.8, 4) is 0 Å². The van der Waals surface area contributed by atoms with Crippen molar-refractivity contribution < 1.29 is 27.9 Å². The molecule has 1 unspecified atom stereocenters. The lowest BCUT2D eigenvalue weighted by Gasteiger charge is -2.16. The van der Waals surface area contributed by atoms with E-state index < -0.39 is 7.60 Å². The molecule has 1 atom stereocenters. The Bertz CT molecular complexity index is 381. The van der Waals surface area contributed by atoms with E-state index >= 15 is 0 Å². The fourth-order valence-corrected chi connectivity index (χ4v) is 2.99. The van der Waals surface area contributed by atoms with Gasteiger partial charge in [-0.2, -0.15) is 0 Å². The van der Waals surface area contributed by atoms with Gasteiger partial charge in [-0.1, -0.05) is 0 Å². The van der Waals surface area contributed by atoms with E-state index in [0.29, 0.717) is 17.8 Å². The molecule has 0 aromatic rings. The Morgan fingerprint density at radius 1 is 1.39 bits per heavy atom. The Balaban J connectivity index is 2.74. The van der Waals surface area contributed by atoms with Gasteiger partial charge in [-0.25, -0.2) is 4.79 Å². The Morgan fingerprint density at radius 3 is 2.50 bits per heavy atom. The van der Waals surface area contributed by atoms with Gasteiger partial charge in [0.2, 0.25) is 0 Å². The lowest BCUT2D eigenvalue weighted by Crippen LogP contribution is -2.10. The molecule has 0 saturated carbocycles. The first-order chi connectivity index (χ1) is 8.47. The quantitative estimate of drug-likeness (QED) is 0.320. The molecule has 0 radical (unpaired) electrons. The normalized spacial score (nSPS) is 22.9. The second kappa shape index (κ2) is 6.36. The number of carbonyl (C=O) groups is 1. The van der Waals surface area contributed by atoms with Crippen molar-refractivity contribution in [2.75, 3.05) is 34.1 Å². The summed E-state index contributed by atoms with van der Waals surface area (Å²) in [7, 11) is 1.14. The number of cyclic esters (lactones) is 1. The molecule has 1 saturated heterocycles. The van der Waals surface area contributed by atoms with E-state index in [2.05, 4.69) is 0 Å². The molecule has 1 rings (SSSR count). The molecular weight excluding hydrogens is 259 g/mol. The van der Waals surface area contributed by atoms with Crippen molar-refractivity contribution >= 4 is 13.6 Å². The summed E-state index contributed by atoms with van der Waals surface area (Å²) in [6.45, 7) is 1.99. The summed E-state index contributed by atoms with van der Waals surface area (Å²) >= 11 is 0. The van der Waals surface area contributed by atoms with E-state index in [-0.39, 0.29) is 24.7 Å². The minimum absolute atomic E-state index is 0.129. The third-order valence-corrected chi connectivity index (χ3v) is 4.96. The highest BCUT2D eigenvalue weighted by atomic mass is 31.2. The van der Waals surface area contributed by atoms with Gasteiger partial charge < -0.3 is 18.5 Å². The summed E-state index contributed by atoms with van der Waals surface area (Å²) < 4.78 is 31.7. The number of hydrogen-bond donors (Lipinski definition) is 0. The molecule has 0 N–H and O–H groups in total. The molecule has 1 fully saturated rings. The van der Waals surface area contributed by atoms with Crippen LogP contribution in [0.3, 0.4) is 0 Å². The number of methoxy groups -OCH3 is 1. The zero-order valence-electron chi connectivity index (χ0n) is 11.1. The van der Waals surface area contributed by atoms with Crippen LogP contribution in [0, 0.1) is 5.92 Å². The smallest absolute Gasteiger partial charge is 0.337 e. The minimum atomic E-state index is -3.05. The lowest BCUT2D eigenvalue weighted by atomic mass is 9.99. The average Bonchev–Trinajstić information content (AvgIpc) is 2.76. The minimum Gasteiger partial charge on any atom is -0.501 e. The topological polar surface area (TPSA) is 71.1 Å². The van der Waals surface area contributed by atoms with E-state index in [4.69, 9.17) is 18.5 Å². The van der Waals surface area contributed by atoms with Crippen molar-refractivity contribution in [1.29, 1.82) is 0 Å². The molecular formula is C11H19O6P. The van der Waals surface area contributed by atoms with Gasteiger partial charge >= 0.3 is 13.6 Å². The average molecular weight is 278 g/mol. The van der Waals surface area contributed by atoms with Gasteiger partial charge in [-0.15, -0.1) is 0 Å². The summed E-state index contributed by atoms with van der Waals surface area (Å²) in [6.07, 6.45) is 0.725. The Kier molecular flexibility index (Phi) is 5.38. The Morgan fingerprint density at radius 2 is 2.00 bits per heavy atom. The standard InChI is InChI=1S/C11H19O6P/c1-8(14-2)10-9(7-17-11(10)12)5-6-18(13,15-3)16-4/h9H,5-7H2,1-4H3/b10-8-. The highest BCUT2D eigenvalue weighted by Crippen LogP contribution is 2.48. The molecule has 0 aromatic carbocycles. The summed E-state index contributed by atoms with van der Waals surface area (Å²) in [4.78, 5) is 11.6. The predicted octanol–water partition coefficient (Wildman–Crippen LogP) is 1.96. The van der Waals surface area contributed by atoms with Crippen molar-refractivity contribution in [1.82, 2.24) is 0 Å². The van der Waals surface area contributed by atoms with E-state index in [9.17, 15) is 9.36 Å². The van der Waals surface area contributed by atoms with Crippen molar-refractivity contribution in [2.24, 2.45) is 5.92 Å². The molecule has 6 nitrogen and oxygen atoms in total. The molecule has 0 aliphatic carbocycles. The van der Waals surface area contributed by atoms with Crippen LogP contribution in [0.15, 0.2) is 11.3 Å². The molecule has 1 aliphatic heterocycles. The second-order valence-electron chi connectivity index (χ2n) is 3.96. The molecule has 7 heteroatoms. The summed E-state index contributed by atoms with van der Waals surface area (Å²) in [6, 6.07) is 0. The fourth-order valence-electron chi connectivity index (χ4n) is 1.84. The lowest BCUT2D eigenvalue weighted by molar-refractivity contribution is -0.135. The van der Waals surface area contributed by atoms with E-state index in [0.717, 1.165) is 0 Å². The molecule has 18 heavy (non-hydrogen) atoms. The Labute approximate surface area is 107 Å². The molecule has 0 amide bonds. The number of carbonyl (C=O) groups excluding carboxylic acids is 1. The van der Waals surface area contributed by atoms with Crippen molar-refractivity contribution in [3.63, 3.8) is 0 Å². The molecule has 0 aromatic heterocycles. The van der Waals surface area contributed by atoms with Crippen LogP contribution < -0.4 is 0 Å². The zero-order valence-corrected chi connectivity index (χ0v) is 12.0. The highest BCUT2D eigenvalue weighted by Gasteiger charge is 2.35. The van der Waals surface area contributed by atoms with Crippen LogP contribution in [0.25, 0.3) is 0 Å². The molecule has 0 spiro atoms. The summed E-state index contributed by atoms with van der Waals surface area (Å²) in [5, 5.41) is 0. The van der Waals surface area contributed by atoms with Crippen molar-refractivity contribution in [2.45, 2.75) is 13.3 Å². The van der Waals surface area contributed by atoms with Crippen molar-refractivity contribution in [3.05, 3.63) is 11.3 Å². The van der Waals surface area contributed by atoms with Crippen LogP contribution in [-0.4, -0.2) is 40.1 Å². The SMILES string of the molecule is CO/C(C)=C1\C(=O)OCC1CCP(=O)(OC)OC. The summed E-state index contributed by atoms with van der Waals surface area (Å²) in [5.74, 6) is 0.0345. The van der Waals surface area contributed by atoms with Gasteiger partial charge in [-0.3, -0.25) is 4.57 Å².